The molecule has 1 aromatic carbocycles. The first-order valence-electron chi connectivity index (χ1n) is 5.40. The summed E-state index contributed by atoms with van der Waals surface area (Å²) in [5.74, 6) is -1.39. The minimum Gasteiger partial charge on any atom is -0.480 e. The fourth-order valence-corrected chi connectivity index (χ4v) is 1.83. The first kappa shape index (κ1) is 13.3. The van der Waals surface area contributed by atoms with Crippen LogP contribution >= 0.6 is 0 Å². The van der Waals surface area contributed by atoms with Crippen molar-refractivity contribution < 1.29 is 27.8 Å². The van der Waals surface area contributed by atoms with Gasteiger partial charge in [-0.1, -0.05) is 18.2 Å². The van der Waals surface area contributed by atoms with Gasteiger partial charge in [0.1, 0.15) is 11.8 Å². The largest absolute Gasteiger partial charge is 0.573 e. The maximum atomic E-state index is 12.3. The highest BCUT2D eigenvalue weighted by atomic mass is 19.4. The zero-order valence-electron chi connectivity index (χ0n) is 9.57. The normalized spacial score (nSPS) is 18.7. The Balaban J connectivity index is 2.24. The van der Waals surface area contributed by atoms with Gasteiger partial charge in [0.25, 0.3) is 0 Å². The Labute approximate surface area is 106 Å². The molecule has 4 nitrogen and oxygen atoms in total. The standard InChI is InChI=1S/C12H10F3NO3/c13-12(14,15)19-10-4-2-1-3-8(10)7-5-9(11(17)18)16-6-7/h1-4,6,9,16H,5H2,(H,17,18). The molecule has 7 heteroatoms. The molecular weight excluding hydrogens is 263 g/mol. The first-order valence-corrected chi connectivity index (χ1v) is 5.40. The lowest BCUT2D eigenvalue weighted by Crippen LogP contribution is -2.28. The molecule has 1 atom stereocenters. The molecule has 1 aliphatic rings. The highest BCUT2D eigenvalue weighted by molar-refractivity contribution is 5.82. The Morgan fingerprint density at radius 3 is 2.63 bits per heavy atom. The second-order valence-corrected chi connectivity index (χ2v) is 3.98. The molecule has 1 unspecified atom stereocenters. The zero-order valence-corrected chi connectivity index (χ0v) is 9.57. The maximum Gasteiger partial charge on any atom is 0.573 e. The van der Waals surface area contributed by atoms with E-state index in [1.165, 1.54) is 24.4 Å². The van der Waals surface area contributed by atoms with Gasteiger partial charge >= 0.3 is 12.3 Å². The number of alkyl halides is 3. The van der Waals surface area contributed by atoms with E-state index in [1.54, 1.807) is 6.07 Å². The molecule has 1 aliphatic heterocycles. The lowest BCUT2D eigenvalue weighted by Gasteiger charge is -2.13. The molecule has 0 radical (unpaired) electrons. The lowest BCUT2D eigenvalue weighted by molar-refractivity contribution is -0.274. The van der Waals surface area contributed by atoms with Crippen molar-refractivity contribution in [1.29, 1.82) is 0 Å². The third-order valence-corrected chi connectivity index (χ3v) is 2.64. The number of hydrogen-bond acceptors (Lipinski definition) is 3. The number of carboxylic acid groups (broad SMARTS) is 1. The number of benzene rings is 1. The van der Waals surface area contributed by atoms with Crippen molar-refractivity contribution in [3.63, 3.8) is 0 Å². The Bertz CT molecular complexity index is 525. The number of nitrogens with one attached hydrogen (secondary N) is 1. The van der Waals surface area contributed by atoms with E-state index in [1.807, 2.05) is 0 Å². The van der Waals surface area contributed by atoms with Crippen molar-refractivity contribution in [2.45, 2.75) is 18.8 Å². The van der Waals surface area contributed by atoms with Gasteiger partial charge in [-0.05, 0) is 11.6 Å². The summed E-state index contributed by atoms with van der Waals surface area (Å²) in [6.45, 7) is 0. The smallest absolute Gasteiger partial charge is 0.480 e. The van der Waals surface area contributed by atoms with Crippen molar-refractivity contribution in [2.24, 2.45) is 0 Å². The molecule has 2 N–H and O–H groups in total. The SMILES string of the molecule is O=C(O)C1CC(c2ccccc2OC(F)(F)F)=CN1. The number of halogens is 3. The monoisotopic (exact) mass is 273 g/mol. The van der Waals surface area contributed by atoms with Crippen molar-refractivity contribution >= 4 is 11.5 Å². The van der Waals surface area contributed by atoms with Crippen LogP contribution in [0.4, 0.5) is 13.2 Å². The fraction of sp³-hybridized carbons (Fsp3) is 0.250. The minimum atomic E-state index is -4.78. The Kier molecular flexibility index (Phi) is 3.37. The van der Waals surface area contributed by atoms with E-state index >= 15 is 0 Å². The summed E-state index contributed by atoms with van der Waals surface area (Å²) in [4.78, 5) is 10.8. The van der Waals surface area contributed by atoms with Gasteiger partial charge in [0.2, 0.25) is 0 Å². The van der Waals surface area contributed by atoms with Crippen LogP contribution in [0.15, 0.2) is 30.5 Å². The molecule has 0 aliphatic carbocycles. The maximum absolute atomic E-state index is 12.3. The van der Waals surface area contributed by atoms with Crippen LogP contribution in [0.3, 0.4) is 0 Å². The Morgan fingerprint density at radius 2 is 2.05 bits per heavy atom. The number of hydrogen-bond donors (Lipinski definition) is 2. The molecular formula is C12H10F3NO3. The summed E-state index contributed by atoms with van der Waals surface area (Å²) in [5.41, 5.74) is 0.698. The van der Waals surface area contributed by atoms with Crippen LogP contribution in [-0.2, 0) is 4.79 Å². The third-order valence-electron chi connectivity index (χ3n) is 2.64. The van der Waals surface area contributed by atoms with Crippen LogP contribution in [-0.4, -0.2) is 23.5 Å². The molecule has 0 saturated carbocycles. The molecule has 19 heavy (non-hydrogen) atoms. The average molecular weight is 273 g/mol. The van der Waals surface area contributed by atoms with Crippen LogP contribution in [0, 0.1) is 0 Å². The Morgan fingerprint density at radius 1 is 1.37 bits per heavy atom. The zero-order chi connectivity index (χ0) is 14.0. The molecule has 0 spiro atoms. The van der Waals surface area contributed by atoms with Gasteiger partial charge in [-0.3, -0.25) is 0 Å². The average Bonchev–Trinajstić information content (AvgIpc) is 2.76. The quantitative estimate of drug-likeness (QED) is 0.887. The number of para-hydroxylation sites is 1. The molecule has 2 rings (SSSR count). The van der Waals surface area contributed by atoms with E-state index in [9.17, 15) is 18.0 Å². The Hall–Kier alpha value is -2.18. The summed E-state index contributed by atoms with van der Waals surface area (Å²) in [6, 6.07) is 4.81. The number of aliphatic carboxylic acids is 1. The van der Waals surface area contributed by atoms with Crippen molar-refractivity contribution in [1.82, 2.24) is 5.32 Å². The highest BCUT2D eigenvalue weighted by Crippen LogP contribution is 2.34. The van der Waals surface area contributed by atoms with E-state index in [0.29, 0.717) is 5.57 Å². The minimum absolute atomic E-state index is 0.105. The van der Waals surface area contributed by atoms with E-state index in [4.69, 9.17) is 5.11 Å². The summed E-state index contributed by atoms with van der Waals surface area (Å²) in [5, 5.41) is 11.4. The topological polar surface area (TPSA) is 58.6 Å². The van der Waals surface area contributed by atoms with Gasteiger partial charge in [-0.15, -0.1) is 13.2 Å². The van der Waals surface area contributed by atoms with E-state index in [-0.39, 0.29) is 17.7 Å². The predicted octanol–water partition coefficient (Wildman–Crippen LogP) is 2.37. The van der Waals surface area contributed by atoms with Gasteiger partial charge < -0.3 is 15.2 Å². The van der Waals surface area contributed by atoms with Crippen molar-refractivity contribution in [3.05, 3.63) is 36.0 Å². The van der Waals surface area contributed by atoms with Gasteiger partial charge in [-0.2, -0.15) is 0 Å². The first-order chi connectivity index (χ1) is 8.87. The van der Waals surface area contributed by atoms with Crippen LogP contribution in [0.25, 0.3) is 5.57 Å². The van der Waals surface area contributed by atoms with Gasteiger partial charge in [0.15, 0.2) is 0 Å². The number of rotatable bonds is 3. The van der Waals surface area contributed by atoms with Gasteiger partial charge in [-0.25, -0.2) is 4.79 Å². The van der Waals surface area contributed by atoms with E-state index < -0.39 is 18.4 Å². The highest BCUT2D eigenvalue weighted by Gasteiger charge is 2.33. The second kappa shape index (κ2) is 4.83. The molecule has 102 valence electrons. The van der Waals surface area contributed by atoms with E-state index in [0.717, 1.165) is 0 Å². The number of ether oxygens (including phenoxy) is 1. The summed E-state index contributed by atoms with van der Waals surface area (Å²) >= 11 is 0. The lowest BCUT2D eigenvalue weighted by atomic mass is 10.0. The number of carbonyl (C=O) groups is 1. The summed E-state index contributed by atoms with van der Waals surface area (Å²) < 4.78 is 40.7. The fourth-order valence-electron chi connectivity index (χ4n) is 1.83. The molecule has 0 saturated heterocycles. The molecule has 0 bridgehead atoms. The van der Waals surface area contributed by atoms with Crippen LogP contribution < -0.4 is 10.1 Å². The second-order valence-electron chi connectivity index (χ2n) is 3.98. The van der Waals surface area contributed by atoms with Crippen LogP contribution in [0.2, 0.25) is 0 Å². The molecule has 0 aromatic heterocycles. The van der Waals surface area contributed by atoms with Gasteiger partial charge in [0.05, 0.1) is 0 Å². The van der Waals surface area contributed by atoms with Gasteiger partial charge in [0, 0.05) is 18.2 Å². The molecule has 1 heterocycles. The predicted molar refractivity (Wildman–Crippen MR) is 60.3 cm³/mol. The van der Waals surface area contributed by atoms with Crippen molar-refractivity contribution in [2.75, 3.05) is 0 Å². The van der Waals surface area contributed by atoms with Crippen molar-refractivity contribution in [3.8, 4) is 5.75 Å². The van der Waals surface area contributed by atoms with E-state index in [2.05, 4.69) is 10.1 Å². The molecule has 0 fully saturated rings. The number of carboxylic acids is 1. The van der Waals surface area contributed by atoms with Crippen LogP contribution in [0.5, 0.6) is 5.75 Å². The summed E-state index contributed by atoms with van der Waals surface area (Å²) in [7, 11) is 0. The van der Waals surface area contributed by atoms with Crippen LogP contribution in [0.1, 0.15) is 12.0 Å². The molecule has 1 aromatic rings. The third kappa shape index (κ3) is 3.18. The molecule has 0 amide bonds. The summed E-state index contributed by atoms with van der Waals surface area (Å²) in [6.07, 6.45) is -3.28.